The van der Waals surface area contributed by atoms with E-state index in [4.69, 9.17) is 4.74 Å². The number of amides is 1. The summed E-state index contributed by atoms with van der Waals surface area (Å²) in [7, 11) is 0. The molecule has 0 aliphatic carbocycles. The first-order valence-corrected chi connectivity index (χ1v) is 12.0. The van der Waals surface area contributed by atoms with Gasteiger partial charge in [-0.05, 0) is 48.7 Å². The molecule has 5 rings (SSSR count). The van der Waals surface area contributed by atoms with Crippen molar-refractivity contribution in [1.82, 2.24) is 4.98 Å². The fourth-order valence-corrected chi connectivity index (χ4v) is 4.64. The summed E-state index contributed by atoms with van der Waals surface area (Å²) in [6.07, 6.45) is 1.81. The molecule has 6 nitrogen and oxygen atoms in total. The van der Waals surface area contributed by atoms with Crippen LogP contribution in [0.1, 0.15) is 36.6 Å². The monoisotopic (exact) mass is 480 g/mol. The molecule has 182 valence electrons. The lowest BCUT2D eigenvalue weighted by Crippen LogP contribution is -2.29. The van der Waals surface area contributed by atoms with Gasteiger partial charge in [0, 0.05) is 33.9 Å². The standard InChI is InChI=1S/C30H28N2O4/c1-18(2)17-36-22-11-7-9-20(15-22)28(33)26-27(24-16-31-25-13-5-4-12-23(24)25)32(30(35)29(26)34)21-10-6-8-19(3)14-21/h4-16,18,27,31,33H,17H2,1-3H3/b28-26+. The van der Waals surface area contributed by atoms with Crippen molar-refractivity contribution < 1.29 is 19.4 Å². The molecule has 1 aliphatic rings. The zero-order valence-electron chi connectivity index (χ0n) is 20.5. The molecule has 0 bridgehead atoms. The number of nitrogens with one attached hydrogen (secondary N) is 1. The second-order valence-electron chi connectivity index (χ2n) is 9.53. The van der Waals surface area contributed by atoms with Crippen molar-refractivity contribution in [2.45, 2.75) is 26.8 Å². The predicted molar refractivity (Wildman–Crippen MR) is 141 cm³/mol. The summed E-state index contributed by atoms with van der Waals surface area (Å²) >= 11 is 0. The highest BCUT2D eigenvalue weighted by atomic mass is 16.5. The normalized spacial score (nSPS) is 17.3. The van der Waals surface area contributed by atoms with E-state index >= 15 is 0 Å². The van der Waals surface area contributed by atoms with E-state index in [2.05, 4.69) is 18.8 Å². The van der Waals surface area contributed by atoms with Gasteiger partial charge in [-0.3, -0.25) is 14.5 Å². The van der Waals surface area contributed by atoms with Crippen LogP contribution in [-0.4, -0.2) is 28.4 Å². The molecule has 2 heterocycles. The van der Waals surface area contributed by atoms with Crippen molar-refractivity contribution in [3.63, 3.8) is 0 Å². The summed E-state index contributed by atoms with van der Waals surface area (Å²) in [4.78, 5) is 31.6. The number of H-pyrrole nitrogens is 1. The maximum Gasteiger partial charge on any atom is 0.300 e. The van der Waals surface area contributed by atoms with E-state index in [1.807, 2.05) is 55.5 Å². The smallest absolute Gasteiger partial charge is 0.300 e. The molecular weight excluding hydrogens is 452 g/mol. The highest BCUT2D eigenvalue weighted by molar-refractivity contribution is 6.51. The Morgan fingerprint density at radius 1 is 1.03 bits per heavy atom. The summed E-state index contributed by atoms with van der Waals surface area (Å²) in [5.74, 6) is -0.704. The number of ketones is 1. The van der Waals surface area contributed by atoms with Gasteiger partial charge in [-0.1, -0.05) is 56.3 Å². The highest BCUT2D eigenvalue weighted by Gasteiger charge is 2.47. The Labute approximate surface area is 209 Å². The van der Waals surface area contributed by atoms with E-state index in [-0.39, 0.29) is 11.3 Å². The number of aryl methyl sites for hydroxylation is 1. The molecular formula is C30H28N2O4. The Morgan fingerprint density at radius 2 is 1.81 bits per heavy atom. The SMILES string of the molecule is Cc1cccc(N2C(=O)C(=O)/C(=C(/O)c3cccc(OCC(C)C)c3)C2c2c[nH]c3ccccc23)c1. The van der Waals surface area contributed by atoms with Gasteiger partial charge in [-0.2, -0.15) is 0 Å². The molecule has 1 aromatic heterocycles. The summed E-state index contributed by atoms with van der Waals surface area (Å²) in [6, 6.07) is 21.4. The molecule has 4 aromatic rings. The molecule has 36 heavy (non-hydrogen) atoms. The van der Waals surface area contributed by atoms with Crippen LogP contribution in [0.5, 0.6) is 5.75 Å². The Balaban J connectivity index is 1.70. The number of fused-ring (bicyclic) bond motifs is 1. The van der Waals surface area contributed by atoms with Gasteiger partial charge >= 0.3 is 0 Å². The lowest BCUT2D eigenvalue weighted by Gasteiger charge is -2.25. The first-order chi connectivity index (χ1) is 17.3. The average Bonchev–Trinajstić information content (AvgIpc) is 3.41. The van der Waals surface area contributed by atoms with E-state index in [9.17, 15) is 14.7 Å². The number of anilines is 1. The number of rotatable bonds is 6. The van der Waals surface area contributed by atoms with Gasteiger partial charge in [0.05, 0.1) is 18.2 Å². The maximum atomic E-state index is 13.5. The van der Waals surface area contributed by atoms with E-state index < -0.39 is 17.7 Å². The number of nitrogens with zero attached hydrogens (tertiary/aromatic N) is 1. The maximum absolute atomic E-state index is 13.5. The molecule has 0 saturated carbocycles. The largest absolute Gasteiger partial charge is 0.507 e. The third-order valence-electron chi connectivity index (χ3n) is 6.33. The molecule has 0 radical (unpaired) electrons. The lowest BCUT2D eigenvalue weighted by molar-refractivity contribution is -0.132. The van der Waals surface area contributed by atoms with E-state index in [0.717, 1.165) is 22.0 Å². The summed E-state index contributed by atoms with van der Waals surface area (Å²) in [6.45, 7) is 6.57. The van der Waals surface area contributed by atoms with Crippen LogP contribution in [-0.2, 0) is 9.59 Å². The van der Waals surface area contributed by atoms with Crippen LogP contribution < -0.4 is 9.64 Å². The number of aromatic nitrogens is 1. The molecule has 1 saturated heterocycles. The topological polar surface area (TPSA) is 82.6 Å². The number of carbonyl (C=O) groups is 2. The highest BCUT2D eigenvalue weighted by Crippen LogP contribution is 2.44. The van der Waals surface area contributed by atoms with Crippen LogP contribution >= 0.6 is 0 Å². The van der Waals surface area contributed by atoms with E-state index in [1.165, 1.54) is 4.90 Å². The van der Waals surface area contributed by atoms with Crippen LogP contribution in [0.4, 0.5) is 5.69 Å². The number of aliphatic hydroxyl groups is 1. The molecule has 1 unspecified atom stereocenters. The Morgan fingerprint density at radius 3 is 2.58 bits per heavy atom. The Hall–Kier alpha value is -4.32. The Kier molecular flexibility index (Phi) is 6.10. The predicted octanol–water partition coefficient (Wildman–Crippen LogP) is 6.14. The van der Waals surface area contributed by atoms with Crippen molar-refractivity contribution in [3.8, 4) is 5.75 Å². The number of para-hydroxylation sites is 1. The molecule has 1 fully saturated rings. The van der Waals surface area contributed by atoms with Gasteiger partial charge in [0.1, 0.15) is 11.5 Å². The molecule has 2 N–H and O–H groups in total. The molecule has 1 aliphatic heterocycles. The number of Topliss-reactive ketones (excluding diaryl/α,β-unsaturated/α-hetero) is 1. The Bertz CT molecular complexity index is 1500. The van der Waals surface area contributed by atoms with Crippen LogP contribution in [0.25, 0.3) is 16.7 Å². The second-order valence-corrected chi connectivity index (χ2v) is 9.53. The van der Waals surface area contributed by atoms with Gasteiger partial charge in [-0.15, -0.1) is 0 Å². The summed E-state index contributed by atoms with van der Waals surface area (Å²) in [5, 5.41) is 12.4. The molecule has 1 atom stereocenters. The van der Waals surface area contributed by atoms with Gasteiger partial charge in [0.25, 0.3) is 11.7 Å². The third-order valence-corrected chi connectivity index (χ3v) is 6.33. The number of ether oxygens (including phenoxy) is 1. The summed E-state index contributed by atoms with van der Waals surface area (Å²) < 4.78 is 5.83. The van der Waals surface area contributed by atoms with Gasteiger partial charge in [0.2, 0.25) is 0 Å². The number of hydrogen-bond donors (Lipinski definition) is 2. The number of aliphatic hydroxyl groups excluding tert-OH is 1. The number of benzene rings is 3. The van der Waals surface area contributed by atoms with Crippen molar-refractivity contribution >= 4 is 34.0 Å². The van der Waals surface area contributed by atoms with Crippen LogP contribution in [0.2, 0.25) is 0 Å². The lowest BCUT2D eigenvalue weighted by atomic mass is 9.94. The summed E-state index contributed by atoms with van der Waals surface area (Å²) in [5.41, 5.74) is 3.64. The average molecular weight is 481 g/mol. The minimum atomic E-state index is -0.803. The van der Waals surface area contributed by atoms with E-state index in [0.29, 0.717) is 29.5 Å². The number of aromatic amines is 1. The fourth-order valence-electron chi connectivity index (χ4n) is 4.64. The molecule has 6 heteroatoms. The zero-order chi connectivity index (χ0) is 25.4. The first-order valence-electron chi connectivity index (χ1n) is 12.0. The van der Waals surface area contributed by atoms with Crippen molar-refractivity contribution in [2.24, 2.45) is 5.92 Å². The van der Waals surface area contributed by atoms with Crippen LogP contribution in [0, 0.1) is 12.8 Å². The third kappa shape index (κ3) is 4.15. The van der Waals surface area contributed by atoms with Crippen molar-refractivity contribution in [2.75, 3.05) is 11.5 Å². The quantitative estimate of drug-likeness (QED) is 0.197. The minimum absolute atomic E-state index is 0.0484. The van der Waals surface area contributed by atoms with Gasteiger partial charge in [0.15, 0.2) is 0 Å². The number of hydrogen-bond acceptors (Lipinski definition) is 4. The van der Waals surface area contributed by atoms with Crippen LogP contribution in [0.3, 0.4) is 0 Å². The van der Waals surface area contributed by atoms with Crippen molar-refractivity contribution in [1.29, 1.82) is 0 Å². The van der Waals surface area contributed by atoms with Gasteiger partial charge in [-0.25, -0.2) is 0 Å². The van der Waals surface area contributed by atoms with E-state index in [1.54, 1.807) is 30.5 Å². The minimum Gasteiger partial charge on any atom is -0.507 e. The second kappa shape index (κ2) is 9.38. The first kappa shape index (κ1) is 23.4. The zero-order valence-corrected chi connectivity index (χ0v) is 20.5. The molecule has 0 spiro atoms. The van der Waals surface area contributed by atoms with Crippen LogP contribution in [0.15, 0.2) is 84.6 Å². The van der Waals surface area contributed by atoms with Crippen molar-refractivity contribution in [3.05, 3.63) is 101 Å². The fraction of sp³-hybridized carbons (Fsp3) is 0.200. The molecule has 3 aromatic carbocycles. The van der Waals surface area contributed by atoms with Gasteiger partial charge < -0.3 is 14.8 Å². The molecule has 1 amide bonds. The number of carbonyl (C=O) groups excluding carboxylic acids is 2.